The molecule has 1 aromatic heterocycles. The summed E-state index contributed by atoms with van der Waals surface area (Å²) < 4.78 is 1.17. The van der Waals surface area contributed by atoms with Crippen LogP contribution in [0.15, 0.2) is 36.7 Å². The van der Waals surface area contributed by atoms with Gasteiger partial charge in [-0.25, -0.2) is 9.97 Å². The van der Waals surface area contributed by atoms with Gasteiger partial charge in [-0.15, -0.1) is 0 Å². The molecule has 0 spiro atoms. The summed E-state index contributed by atoms with van der Waals surface area (Å²) >= 11 is 2.36. The minimum absolute atomic E-state index is 0.535. The SMILES string of the molecule is CCc1ncnc(N[C@H]2CC[C@@H](c3ccccc3)CC2)c1I. The number of halogens is 1. The molecule has 116 valence electrons. The first-order valence-corrected chi connectivity index (χ1v) is 9.16. The molecule has 1 N–H and O–H groups in total. The lowest BCUT2D eigenvalue weighted by Crippen LogP contribution is -2.26. The van der Waals surface area contributed by atoms with Crippen LogP contribution in [-0.2, 0) is 6.42 Å². The summed E-state index contributed by atoms with van der Waals surface area (Å²) in [4.78, 5) is 8.77. The third-order valence-corrected chi connectivity index (χ3v) is 5.67. The molecule has 3 nitrogen and oxygen atoms in total. The average Bonchev–Trinajstić information content (AvgIpc) is 2.58. The van der Waals surface area contributed by atoms with Crippen LogP contribution in [0, 0.1) is 3.57 Å². The quantitative estimate of drug-likeness (QED) is 0.742. The molecule has 22 heavy (non-hydrogen) atoms. The van der Waals surface area contributed by atoms with Crippen molar-refractivity contribution in [3.05, 3.63) is 51.5 Å². The lowest BCUT2D eigenvalue weighted by Gasteiger charge is -2.30. The predicted octanol–water partition coefficient (Wildman–Crippen LogP) is 4.78. The fraction of sp³-hybridized carbons (Fsp3) is 0.444. The first kappa shape index (κ1) is 15.7. The van der Waals surface area contributed by atoms with Gasteiger partial charge in [-0.1, -0.05) is 37.3 Å². The Morgan fingerprint density at radius 1 is 1.09 bits per heavy atom. The standard InChI is InChI=1S/C18H22IN3/c1-2-16-17(19)18(21-12-20-16)22-15-10-8-14(9-11-15)13-6-4-3-5-7-13/h3-7,12,14-15H,2,8-11H2,1H3,(H,20,21,22)/t14-,15+. The molecule has 1 saturated carbocycles. The molecule has 0 radical (unpaired) electrons. The van der Waals surface area contributed by atoms with E-state index in [4.69, 9.17) is 0 Å². The van der Waals surface area contributed by atoms with Crippen LogP contribution >= 0.6 is 22.6 Å². The topological polar surface area (TPSA) is 37.8 Å². The van der Waals surface area contributed by atoms with Crippen molar-refractivity contribution in [3.8, 4) is 0 Å². The summed E-state index contributed by atoms with van der Waals surface area (Å²) in [5.74, 6) is 1.73. The molecule has 4 heteroatoms. The highest BCUT2D eigenvalue weighted by atomic mass is 127. The summed E-state index contributed by atoms with van der Waals surface area (Å²) in [5.41, 5.74) is 2.63. The zero-order valence-corrected chi connectivity index (χ0v) is 15.1. The molecule has 0 atom stereocenters. The van der Waals surface area contributed by atoms with E-state index in [1.165, 1.54) is 34.8 Å². The number of aryl methyl sites for hydroxylation is 1. The minimum atomic E-state index is 0.535. The van der Waals surface area contributed by atoms with Gasteiger partial charge < -0.3 is 5.32 Å². The molecule has 1 aliphatic rings. The van der Waals surface area contributed by atoms with Crippen LogP contribution in [0.1, 0.15) is 49.8 Å². The van der Waals surface area contributed by atoms with Crippen molar-refractivity contribution in [2.24, 2.45) is 0 Å². The van der Waals surface area contributed by atoms with Gasteiger partial charge in [0.05, 0.1) is 9.26 Å². The summed E-state index contributed by atoms with van der Waals surface area (Å²) in [7, 11) is 0. The Morgan fingerprint density at radius 2 is 1.82 bits per heavy atom. The molecule has 0 amide bonds. The number of hydrogen-bond donors (Lipinski definition) is 1. The van der Waals surface area contributed by atoms with Crippen molar-refractivity contribution in [2.75, 3.05) is 5.32 Å². The van der Waals surface area contributed by atoms with Gasteiger partial charge in [0.2, 0.25) is 0 Å². The molecule has 1 aromatic carbocycles. The van der Waals surface area contributed by atoms with E-state index in [1.54, 1.807) is 6.33 Å². The van der Waals surface area contributed by atoms with Crippen LogP contribution in [0.3, 0.4) is 0 Å². The van der Waals surface area contributed by atoms with E-state index >= 15 is 0 Å². The highest BCUT2D eigenvalue weighted by Crippen LogP contribution is 2.34. The van der Waals surface area contributed by atoms with Crippen LogP contribution in [0.4, 0.5) is 5.82 Å². The number of anilines is 1. The molecule has 0 aliphatic heterocycles. The zero-order chi connectivity index (χ0) is 15.4. The van der Waals surface area contributed by atoms with Gasteiger partial charge in [0.25, 0.3) is 0 Å². The number of benzene rings is 1. The van der Waals surface area contributed by atoms with Crippen molar-refractivity contribution >= 4 is 28.4 Å². The van der Waals surface area contributed by atoms with Crippen molar-refractivity contribution < 1.29 is 0 Å². The fourth-order valence-corrected chi connectivity index (χ4v) is 4.06. The highest BCUT2D eigenvalue weighted by molar-refractivity contribution is 14.1. The Hall–Kier alpha value is -1.17. The van der Waals surface area contributed by atoms with Gasteiger partial charge in [-0.05, 0) is 66.2 Å². The van der Waals surface area contributed by atoms with E-state index in [-0.39, 0.29) is 0 Å². The lowest BCUT2D eigenvalue weighted by atomic mass is 9.82. The summed E-state index contributed by atoms with van der Waals surface area (Å²) in [6.07, 6.45) is 7.56. The Balaban J connectivity index is 1.61. The second kappa shape index (κ2) is 7.40. The molecule has 1 fully saturated rings. The second-order valence-electron chi connectivity index (χ2n) is 5.94. The molecule has 1 aliphatic carbocycles. The van der Waals surface area contributed by atoms with Gasteiger partial charge in [0.1, 0.15) is 12.1 Å². The summed E-state index contributed by atoms with van der Waals surface area (Å²) in [5, 5.41) is 3.64. The maximum atomic E-state index is 4.43. The first-order chi connectivity index (χ1) is 10.8. The second-order valence-corrected chi connectivity index (χ2v) is 7.02. The molecular formula is C18H22IN3. The van der Waals surface area contributed by atoms with Gasteiger partial charge in [-0.2, -0.15) is 0 Å². The minimum Gasteiger partial charge on any atom is -0.366 e. The van der Waals surface area contributed by atoms with E-state index in [0.29, 0.717) is 6.04 Å². The van der Waals surface area contributed by atoms with Gasteiger partial charge in [0, 0.05) is 6.04 Å². The molecule has 0 bridgehead atoms. The molecule has 3 rings (SSSR count). The van der Waals surface area contributed by atoms with Crippen molar-refractivity contribution in [1.82, 2.24) is 9.97 Å². The van der Waals surface area contributed by atoms with Crippen LogP contribution in [0.5, 0.6) is 0 Å². The third-order valence-electron chi connectivity index (χ3n) is 4.54. The molecule has 1 heterocycles. The van der Waals surface area contributed by atoms with Crippen LogP contribution in [0.25, 0.3) is 0 Å². The largest absolute Gasteiger partial charge is 0.366 e. The van der Waals surface area contributed by atoms with Crippen molar-refractivity contribution in [1.29, 1.82) is 0 Å². The van der Waals surface area contributed by atoms with Crippen LogP contribution in [0.2, 0.25) is 0 Å². The fourth-order valence-electron chi connectivity index (χ4n) is 3.24. The first-order valence-electron chi connectivity index (χ1n) is 8.08. The lowest BCUT2D eigenvalue weighted by molar-refractivity contribution is 0.411. The number of aromatic nitrogens is 2. The van der Waals surface area contributed by atoms with E-state index < -0.39 is 0 Å². The maximum absolute atomic E-state index is 4.43. The van der Waals surface area contributed by atoms with Gasteiger partial charge in [-0.3, -0.25) is 0 Å². The Morgan fingerprint density at radius 3 is 2.50 bits per heavy atom. The number of hydrogen-bond acceptors (Lipinski definition) is 3. The number of nitrogens with zero attached hydrogens (tertiary/aromatic N) is 2. The highest BCUT2D eigenvalue weighted by Gasteiger charge is 2.23. The molecule has 0 unspecified atom stereocenters. The van der Waals surface area contributed by atoms with Gasteiger partial charge >= 0.3 is 0 Å². The normalized spacial score (nSPS) is 21.5. The Labute approximate surface area is 146 Å². The summed E-state index contributed by atoms with van der Waals surface area (Å²) in [6, 6.07) is 11.5. The third kappa shape index (κ3) is 3.59. The van der Waals surface area contributed by atoms with Crippen molar-refractivity contribution in [3.63, 3.8) is 0 Å². The van der Waals surface area contributed by atoms with E-state index in [1.807, 2.05) is 0 Å². The van der Waals surface area contributed by atoms with Crippen molar-refractivity contribution in [2.45, 2.75) is 51.0 Å². The van der Waals surface area contributed by atoms with E-state index in [9.17, 15) is 0 Å². The number of nitrogens with one attached hydrogen (secondary N) is 1. The monoisotopic (exact) mass is 407 g/mol. The number of rotatable bonds is 4. The average molecular weight is 407 g/mol. The Kier molecular flexibility index (Phi) is 5.28. The van der Waals surface area contributed by atoms with Gasteiger partial charge in [0.15, 0.2) is 0 Å². The summed E-state index contributed by atoms with van der Waals surface area (Å²) in [6.45, 7) is 2.14. The maximum Gasteiger partial charge on any atom is 0.143 e. The zero-order valence-electron chi connectivity index (χ0n) is 12.9. The van der Waals surface area contributed by atoms with E-state index in [0.717, 1.165) is 23.9 Å². The predicted molar refractivity (Wildman–Crippen MR) is 99.2 cm³/mol. The molecule has 0 saturated heterocycles. The Bertz CT molecular complexity index is 607. The van der Waals surface area contributed by atoms with Crippen LogP contribution in [-0.4, -0.2) is 16.0 Å². The van der Waals surface area contributed by atoms with Crippen LogP contribution < -0.4 is 5.32 Å². The molecular weight excluding hydrogens is 385 g/mol. The van der Waals surface area contributed by atoms with E-state index in [2.05, 4.69) is 75.1 Å². The smallest absolute Gasteiger partial charge is 0.143 e. The molecule has 2 aromatic rings.